The standard InChI is InChI=1S/C12H9ClN2OS/c13-8-3-1-4-9(7-8)15-11(16)10-5-2-6-14-12(10)17/h1-7H,(H,14,17)(H,15,16). The second-order valence-corrected chi connectivity index (χ2v) is 4.22. The molecule has 0 spiro atoms. The van der Waals surface area contributed by atoms with E-state index in [1.165, 1.54) is 0 Å². The minimum Gasteiger partial charge on any atom is -0.352 e. The van der Waals surface area contributed by atoms with E-state index in [-0.39, 0.29) is 5.91 Å². The van der Waals surface area contributed by atoms with Crippen LogP contribution in [-0.2, 0) is 0 Å². The predicted octanol–water partition coefficient (Wildman–Crippen LogP) is 3.65. The Hall–Kier alpha value is -1.65. The van der Waals surface area contributed by atoms with E-state index in [4.69, 9.17) is 23.8 Å². The van der Waals surface area contributed by atoms with Gasteiger partial charge in [-0.15, -0.1) is 0 Å². The van der Waals surface area contributed by atoms with Crippen molar-refractivity contribution in [1.82, 2.24) is 4.98 Å². The molecule has 0 bridgehead atoms. The third-order valence-corrected chi connectivity index (χ3v) is 2.72. The second-order valence-electron chi connectivity index (χ2n) is 3.38. The average molecular weight is 265 g/mol. The molecule has 2 rings (SSSR count). The predicted molar refractivity (Wildman–Crippen MR) is 71.0 cm³/mol. The van der Waals surface area contributed by atoms with Crippen molar-refractivity contribution in [1.29, 1.82) is 0 Å². The number of benzene rings is 1. The van der Waals surface area contributed by atoms with Crippen molar-refractivity contribution in [2.75, 3.05) is 5.32 Å². The smallest absolute Gasteiger partial charge is 0.258 e. The fraction of sp³-hybridized carbons (Fsp3) is 0. The molecule has 3 nitrogen and oxygen atoms in total. The van der Waals surface area contributed by atoms with Crippen LogP contribution in [-0.4, -0.2) is 10.9 Å². The van der Waals surface area contributed by atoms with Crippen molar-refractivity contribution in [3.63, 3.8) is 0 Å². The van der Waals surface area contributed by atoms with Gasteiger partial charge in [-0.1, -0.05) is 29.9 Å². The number of halogens is 1. The monoisotopic (exact) mass is 264 g/mol. The van der Waals surface area contributed by atoms with Gasteiger partial charge in [0.15, 0.2) is 0 Å². The molecule has 0 aliphatic heterocycles. The second kappa shape index (κ2) is 5.12. The molecule has 17 heavy (non-hydrogen) atoms. The van der Waals surface area contributed by atoms with Gasteiger partial charge in [0.1, 0.15) is 4.64 Å². The van der Waals surface area contributed by atoms with Crippen molar-refractivity contribution >= 4 is 35.4 Å². The highest BCUT2D eigenvalue weighted by Gasteiger charge is 2.07. The van der Waals surface area contributed by atoms with Crippen molar-refractivity contribution in [3.05, 3.63) is 57.8 Å². The Bertz CT molecular complexity index is 609. The third-order valence-electron chi connectivity index (χ3n) is 2.15. The number of carbonyl (C=O) groups is 1. The van der Waals surface area contributed by atoms with Gasteiger partial charge in [-0.25, -0.2) is 0 Å². The topological polar surface area (TPSA) is 44.9 Å². The summed E-state index contributed by atoms with van der Waals surface area (Å²) in [6.07, 6.45) is 1.68. The number of anilines is 1. The molecule has 86 valence electrons. The molecule has 0 aliphatic carbocycles. The van der Waals surface area contributed by atoms with Crippen molar-refractivity contribution in [2.45, 2.75) is 0 Å². The SMILES string of the molecule is O=C(Nc1cccc(Cl)c1)c1ccc[nH]c1=S. The van der Waals surface area contributed by atoms with Crippen LogP contribution < -0.4 is 5.32 Å². The van der Waals surface area contributed by atoms with Crippen LogP contribution in [0.1, 0.15) is 10.4 Å². The van der Waals surface area contributed by atoms with E-state index in [2.05, 4.69) is 10.3 Å². The normalized spacial score (nSPS) is 9.94. The number of amides is 1. The molecule has 0 aliphatic rings. The third kappa shape index (κ3) is 2.93. The number of hydrogen-bond donors (Lipinski definition) is 2. The van der Waals surface area contributed by atoms with Crippen LogP contribution >= 0.6 is 23.8 Å². The van der Waals surface area contributed by atoms with E-state index in [0.717, 1.165) is 0 Å². The number of carbonyl (C=O) groups excluding carboxylic acids is 1. The summed E-state index contributed by atoms with van der Waals surface area (Å²) in [5.41, 5.74) is 1.07. The molecule has 1 heterocycles. The zero-order valence-electron chi connectivity index (χ0n) is 8.74. The Balaban J connectivity index is 2.23. The van der Waals surface area contributed by atoms with E-state index in [1.807, 2.05) is 0 Å². The van der Waals surface area contributed by atoms with E-state index in [0.29, 0.717) is 20.9 Å². The zero-order chi connectivity index (χ0) is 12.3. The number of rotatable bonds is 2. The molecule has 2 aromatic rings. The molecule has 1 aromatic heterocycles. The summed E-state index contributed by atoms with van der Waals surface area (Å²) in [6, 6.07) is 10.3. The maximum Gasteiger partial charge on any atom is 0.258 e. The lowest BCUT2D eigenvalue weighted by Gasteiger charge is -2.05. The van der Waals surface area contributed by atoms with Crippen LogP contribution in [0.25, 0.3) is 0 Å². The van der Waals surface area contributed by atoms with E-state index in [1.54, 1.807) is 42.6 Å². The van der Waals surface area contributed by atoms with Gasteiger partial charge in [0.2, 0.25) is 0 Å². The highest BCUT2D eigenvalue weighted by atomic mass is 35.5. The van der Waals surface area contributed by atoms with Gasteiger partial charge in [0.25, 0.3) is 5.91 Å². The van der Waals surface area contributed by atoms with Crippen LogP contribution in [0.2, 0.25) is 5.02 Å². The molecular weight excluding hydrogens is 256 g/mol. The van der Waals surface area contributed by atoms with E-state index < -0.39 is 0 Å². The Morgan fingerprint density at radius 2 is 2.12 bits per heavy atom. The lowest BCUT2D eigenvalue weighted by Crippen LogP contribution is -2.12. The van der Waals surface area contributed by atoms with Gasteiger partial charge < -0.3 is 10.3 Å². The summed E-state index contributed by atoms with van der Waals surface area (Å²) in [5.74, 6) is -0.255. The molecule has 1 aromatic carbocycles. The maximum absolute atomic E-state index is 11.9. The van der Waals surface area contributed by atoms with Gasteiger partial charge in [0, 0.05) is 16.9 Å². The van der Waals surface area contributed by atoms with Crippen LogP contribution in [0.3, 0.4) is 0 Å². The molecule has 0 saturated carbocycles. The maximum atomic E-state index is 11.9. The fourth-order valence-electron chi connectivity index (χ4n) is 1.37. The molecule has 1 amide bonds. The summed E-state index contributed by atoms with van der Waals surface area (Å²) < 4.78 is 0.409. The fourth-order valence-corrected chi connectivity index (χ4v) is 1.78. The van der Waals surface area contributed by atoms with Crippen LogP contribution in [0.5, 0.6) is 0 Å². The lowest BCUT2D eigenvalue weighted by molar-refractivity contribution is 0.102. The highest BCUT2D eigenvalue weighted by Crippen LogP contribution is 2.15. The Labute approximate surface area is 108 Å². The molecule has 0 saturated heterocycles. The quantitative estimate of drug-likeness (QED) is 0.814. The van der Waals surface area contributed by atoms with Gasteiger partial charge in [0.05, 0.1) is 5.56 Å². The first-order chi connectivity index (χ1) is 8.16. The van der Waals surface area contributed by atoms with Gasteiger partial charge in [-0.05, 0) is 30.3 Å². The largest absolute Gasteiger partial charge is 0.352 e. The first-order valence-corrected chi connectivity index (χ1v) is 5.70. The molecule has 5 heteroatoms. The number of H-pyrrole nitrogens is 1. The number of aromatic amines is 1. The van der Waals surface area contributed by atoms with Crippen LogP contribution in [0, 0.1) is 4.64 Å². The van der Waals surface area contributed by atoms with Gasteiger partial charge in [-0.3, -0.25) is 4.79 Å². The number of nitrogens with one attached hydrogen (secondary N) is 2. The summed E-state index contributed by atoms with van der Waals surface area (Å²) in [6.45, 7) is 0. The Morgan fingerprint density at radius 1 is 1.29 bits per heavy atom. The lowest BCUT2D eigenvalue weighted by atomic mass is 10.2. The first kappa shape index (κ1) is 11.8. The Morgan fingerprint density at radius 3 is 2.82 bits per heavy atom. The van der Waals surface area contributed by atoms with E-state index >= 15 is 0 Å². The molecule has 2 N–H and O–H groups in total. The van der Waals surface area contributed by atoms with E-state index in [9.17, 15) is 4.79 Å². The highest BCUT2D eigenvalue weighted by molar-refractivity contribution is 7.71. The summed E-state index contributed by atoms with van der Waals surface area (Å²) in [5, 5.41) is 3.30. The minimum absolute atomic E-state index is 0.255. The average Bonchev–Trinajstić information content (AvgIpc) is 2.29. The van der Waals surface area contributed by atoms with Crippen molar-refractivity contribution < 1.29 is 4.79 Å². The first-order valence-electron chi connectivity index (χ1n) is 4.91. The summed E-state index contributed by atoms with van der Waals surface area (Å²) in [4.78, 5) is 14.7. The van der Waals surface area contributed by atoms with Crippen LogP contribution in [0.15, 0.2) is 42.6 Å². The molecular formula is C12H9ClN2OS. The summed E-state index contributed by atoms with van der Waals surface area (Å²) in [7, 11) is 0. The molecule has 0 unspecified atom stereocenters. The minimum atomic E-state index is -0.255. The molecule has 0 fully saturated rings. The van der Waals surface area contributed by atoms with Crippen molar-refractivity contribution in [2.24, 2.45) is 0 Å². The zero-order valence-corrected chi connectivity index (χ0v) is 10.3. The van der Waals surface area contributed by atoms with Crippen LogP contribution in [0.4, 0.5) is 5.69 Å². The Kier molecular flexibility index (Phi) is 3.56. The number of hydrogen-bond acceptors (Lipinski definition) is 2. The van der Waals surface area contributed by atoms with Gasteiger partial charge in [-0.2, -0.15) is 0 Å². The van der Waals surface area contributed by atoms with Crippen molar-refractivity contribution in [3.8, 4) is 0 Å². The number of aromatic nitrogens is 1. The molecule has 0 atom stereocenters. The number of pyridine rings is 1. The molecule has 0 radical (unpaired) electrons. The van der Waals surface area contributed by atoms with Gasteiger partial charge >= 0.3 is 0 Å². The summed E-state index contributed by atoms with van der Waals surface area (Å²) >= 11 is 10.9.